The van der Waals surface area contributed by atoms with Crippen LogP contribution in [0.5, 0.6) is 0 Å². The molecule has 1 saturated heterocycles. The summed E-state index contributed by atoms with van der Waals surface area (Å²) in [5, 5.41) is 0. The maximum absolute atomic E-state index is 2.46. The first kappa shape index (κ1) is 24.5. The van der Waals surface area contributed by atoms with E-state index in [1.165, 1.54) is 58.5 Å². The second-order valence-corrected chi connectivity index (χ2v) is 5.64. The summed E-state index contributed by atoms with van der Waals surface area (Å²) in [5.74, 6) is 0. The molecule has 0 aliphatic carbocycles. The summed E-state index contributed by atoms with van der Waals surface area (Å²) in [7, 11) is 4.48. The predicted octanol–water partition coefficient (Wildman–Crippen LogP) is -8.19. The molecule has 0 radical (unpaired) electrons. The van der Waals surface area contributed by atoms with Gasteiger partial charge in [0.05, 0.1) is 0 Å². The summed E-state index contributed by atoms with van der Waals surface area (Å²) >= 11 is 2.24. The SMILES string of the molecule is CN1CCCN(C)CCC[N]([Ti+3])CCC1.[Cl-].[Cl-].[Cl-]. The van der Waals surface area contributed by atoms with Gasteiger partial charge in [-0.3, -0.25) is 0 Å². The van der Waals surface area contributed by atoms with Crippen LogP contribution < -0.4 is 37.2 Å². The van der Waals surface area contributed by atoms with E-state index in [0.29, 0.717) is 0 Å². The fourth-order valence-electron chi connectivity index (χ4n) is 2.01. The van der Waals surface area contributed by atoms with Gasteiger partial charge in [0.1, 0.15) is 0 Å². The van der Waals surface area contributed by atoms with Crippen LogP contribution in [0.4, 0.5) is 0 Å². The van der Waals surface area contributed by atoms with E-state index in [-0.39, 0.29) is 37.2 Å². The van der Waals surface area contributed by atoms with Crippen molar-refractivity contribution >= 4 is 0 Å². The van der Waals surface area contributed by atoms with Gasteiger partial charge >= 0.3 is 106 Å². The maximum Gasteiger partial charge on any atom is -1.00 e. The van der Waals surface area contributed by atoms with Crippen molar-refractivity contribution in [3.8, 4) is 0 Å². The first-order valence-electron chi connectivity index (χ1n) is 6.02. The van der Waals surface area contributed by atoms with Crippen molar-refractivity contribution in [2.75, 3.05) is 53.4 Å². The van der Waals surface area contributed by atoms with Crippen molar-refractivity contribution in [1.82, 2.24) is 13.2 Å². The van der Waals surface area contributed by atoms with E-state index >= 15 is 0 Å². The molecule has 108 valence electrons. The first-order valence-corrected chi connectivity index (χ1v) is 6.71. The van der Waals surface area contributed by atoms with Gasteiger partial charge in [-0.25, -0.2) is 0 Å². The van der Waals surface area contributed by atoms with Crippen LogP contribution in [-0.4, -0.2) is 66.5 Å². The van der Waals surface area contributed by atoms with E-state index in [9.17, 15) is 0 Å². The minimum atomic E-state index is 0. The summed E-state index contributed by atoms with van der Waals surface area (Å²) in [6.07, 6.45) is 3.93. The maximum atomic E-state index is 2.46. The molecule has 0 spiro atoms. The Bertz CT molecular complexity index is 137. The predicted molar refractivity (Wildman–Crippen MR) is 60.4 cm³/mol. The molecule has 0 N–H and O–H groups in total. The van der Waals surface area contributed by atoms with Crippen LogP contribution >= 0.6 is 0 Å². The Morgan fingerprint density at radius 3 is 1.22 bits per heavy atom. The number of nitrogens with zero attached hydrogens (tertiary/aromatic N) is 3. The molecule has 0 amide bonds. The van der Waals surface area contributed by atoms with E-state index in [0.717, 1.165) is 0 Å². The number of halogens is 3. The van der Waals surface area contributed by atoms with Gasteiger partial charge in [0, 0.05) is 0 Å². The molecule has 18 heavy (non-hydrogen) atoms. The van der Waals surface area contributed by atoms with Crippen LogP contribution in [0.3, 0.4) is 0 Å². The minimum Gasteiger partial charge on any atom is -1.00 e. The molecule has 0 bridgehead atoms. The Labute approximate surface area is 143 Å². The third kappa shape index (κ3) is 12.5. The van der Waals surface area contributed by atoms with E-state index < -0.39 is 0 Å². The number of hydrogen-bond acceptors (Lipinski definition) is 3. The summed E-state index contributed by atoms with van der Waals surface area (Å²) in [6, 6.07) is 0. The zero-order chi connectivity index (χ0) is 11.1. The molecule has 1 rings (SSSR count). The van der Waals surface area contributed by atoms with Gasteiger partial charge in [-0.1, -0.05) is 0 Å². The Kier molecular flexibility index (Phi) is 20.2. The Balaban J connectivity index is -0.000000750. The monoisotopic (exact) mass is 351 g/mol. The summed E-state index contributed by atoms with van der Waals surface area (Å²) in [5.41, 5.74) is 0. The van der Waals surface area contributed by atoms with E-state index in [1.54, 1.807) is 0 Å². The molecule has 0 saturated carbocycles. The molecular formula is C11H24Cl3N3Ti. The third-order valence-corrected chi connectivity index (χ3v) is 3.71. The van der Waals surface area contributed by atoms with Gasteiger partial charge in [-0.05, 0) is 0 Å². The molecule has 1 aliphatic rings. The van der Waals surface area contributed by atoms with Crippen molar-refractivity contribution in [2.45, 2.75) is 19.3 Å². The van der Waals surface area contributed by atoms with Crippen LogP contribution in [0, 0.1) is 0 Å². The largest absolute Gasteiger partial charge is 1.00 e. The molecule has 1 aliphatic heterocycles. The zero-order valence-electron chi connectivity index (χ0n) is 11.3. The topological polar surface area (TPSA) is 9.72 Å². The average Bonchev–Trinajstić information content (AvgIpc) is 2.16. The first-order chi connectivity index (χ1) is 7.18. The van der Waals surface area contributed by atoms with Gasteiger partial charge in [0.2, 0.25) is 0 Å². The number of hydrogen-bond donors (Lipinski definition) is 0. The quantitative estimate of drug-likeness (QED) is 0.401. The van der Waals surface area contributed by atoms with Gasteiger partial charge in [-0.15, -0.1) is 0 Å². The molecule has 0 atom stereocenters. The Morgan fingerprint density at radius 1 is 0.611 bits per heavy atom. The average molecular weight is 353 g/mol. The van der Waals surface area contributed by atoms with E-state index in [2.05, 4.69) is 48.0 Å². The zero-order valence-corrected chi connectivity index (χ0v) is 15.2. The van der Waals surface area contributed by atoms with Crippen molar-refractivity contribution in [3.63, 3.8) is 0 Å². The van der Waals surface area contributed by atoms with Crippen LogP contribution in [-0.2, 0) is 20.7 Å². The smallest absolute Gasteiger partial charge is 1.00 e. The molecule has 0 aromatic heterocycles. The minimum absolute atomic E-state index is 0. The molecule has 0 aromatic rings. The molecule has 0 aromatic carbocycles. The second kappa shape index (κ2) is 14.9. The summed E-state index contributed by atoms with van der Waals surface area (Å²) in [6.45, 7) is 7.46. The normalized spacial score (nSPS) is 21.6. The molecular weight excluding hydrogens is 328 g/mol. The van der Waals surface area contributed by atoms with Gasteiger partial charge in [-0.2, -0.15) is 0 Å². The van der Waals surface area contributed by atoms with Crippen LogP contribution in [0.25, 0.3) is 0 Å². The Morgan fingerprint density at radius 2 is 0.889 bits per heavy atom. The number of rotatable bonds is 0. The fraction of sp³-hybridized carbons (Fsp3) is 1.00. The fourth-order valence-corrected chi connectivity index (χ4v) is 2.50. The standard InChI is InChI=1S/C11H24N3.3ClH.Ti/c1-13-8-3-6-12-7-4-9-14(2)11-5-10-13;;;;/h3-11H2,1-2H3;3*1H;/q-1;;;;+4/p-3. The van der Waals surface area contributed by atoms with Crippen LogP contribution in [0.15, 0.2) is 0 Å². The van der Waals surface area contributed by atoms with E-state index in [4.69, 9.17) is 0 Å². The van der Waals surface area contributed by atoms with E-state index in [1.807, 2.05) is 0 Å². The van der Waals surface area contributed by atoms with Gasteiger partial charge < -0.3 is 37.2 Å². The van der Waals surface area contributed by atoms with Crippen molar-refractivity contribution in [1.29, 1.82) is 0 Å². The van der Waals surface area contributed by atoms with Gasteiger partial charge in [0.25, 0.3) is 0 Å². The van der Waals surface area contributed by atoms with Crippen LogP contribution in [0.1, 0.15) is 19.3 Å². The van der Waals surface area contributed by atoms with Crippen LogP contribution in [0.2, 0.25) is 0 Å². The molecule has 1 heterocycles. The van der Waals surface area contributed by atoms with Gasteiger partial charge in [0.15, 0.2) is 0 Å². The third-order valence-electron chi connectivity index (χ3n) is 3.02. The summed E-state index contributed by atoms with van der Waals surface area (Å²) in [4.78, 5) is 4.92. The molecule has 3 nitrogen and oxygen atoms in total. The molecule has 7 heteroatoms. The van der Waals surface area contributed by atoms with Crippen molar-refractivity contribution in [2.24, 2.45) is 0 Å². The molecule has 1 fully saturated rings. The Hall–Kier alpha value is 1.46. The second-order valence-electron chi connectivity index (χ2n) is 4.65. The summed E-state index contributed by atoms with van der Waals surface area (Å²) < 4.78 is 2.46. The van der Waals surface area contributed by atoms with Crippen molar-refractivity contribution < 1.29 is 57.9 Å². The van der Waals surface area contributed by atoms with Crippen molar-refractivity contribution in [3.05, 3.63) is 0 Å². The molecule has 0 unspecified atom stereocenters.